The van der Waals surface area contributed by atoms with Gasteiger partial charge in [-0.2, -0.15) is 4.98 Å². The van der Waals surface area contributed by atoms with E-state index in [2.05, 4.69) is 17.2 Å². The lowest BCUT2D eigenvalue weighted by atomic mass is 9.85. The maximum atomic E-state index is 14.7. The molecule has 3 N–H and O–H groups in total. The van der Waals surface area contributed by atoms with E-state index in [9.17, 15) is 24.3 Å². The minimum atomic E-state index is -1.49. The quantitative estimate of drug-likeness (QED) is 0.118. The first-order chi connectivity index (χ1) is 25.5. The maximum absolute atomic E-state index is 14.7. The summed E-state index contributed by atoms with van der Waals surface area (Å²) in [4.78, 5) is 64.8. The average molecular weight is 734 g/mol. The van der Waals surface area contributed by atoms with Crippen LogP contribution in [0.4, 0.5) is 5.69 Å². The predicted octanol–water partition coefficient (Wildman–Crippen LogP) is 6.27. The number of rotatable bonds is 11. The van der Waals surface area contributed by atoms with E-state index in [0.717, 1.165) is 5.56 Å². The summed E-state index contributed by atoms with van der Waals surface area (Å²) in [7, 11) is 0. The van der Waals surface area contributed by atoms with Gasteiger partial charge < -0.3 is 30.1 Å². The lowest BCUT2D eigenvalue weighted by molar-refractivity contribution is -0.145. The van der Waals surface area contributed by atoms with E-state index in [1.807, 2.05) is 75.4 Å². The van der Waals surface area contributed by atoms with Gasteiger partial charge in [-0.1, -0.05) is 69.3 Å². The van der Waals surface area contributed by atoms with Gasteiger partial charge in [0.25, 0.3) is 0 Å². The van der Waals surface area contributed by atoms with E-state index in [0.29, 0.717) is 33.9 Å². The number of hydrogen-bond donors (Lipinski definition) is 3. The smallest absolute Gasteiger partial charge is 0.338 e. The van der Waals surface area contributed by atoms with Crippen molar-refractivity contribution in [2.24, 2.45) is 11.3 Å². The first kappa shape index (κ1) is 38.0. The zero-order valence-electron chi connectivity index (χ0n) is 31.5. The zero-order chi connectivity index (χ0) is 39.0. The molecule has 5 atom stereocenters. The van der Waals surface area contributed by atoms with Crippen LogP contribution in [0, 0.1) is 11.3 Å². The van der Waals surface area contributed by atoms with Crippen molar-refractivity contribution < 1.29 is 33.8 Å². The van der Waals surface area contributed by atoms with Crippen LogP contribution in [0.1, 0.15) is 64.7 Å². The standard InChI is InChI=1S/C42H47N5O7/c1-8-27-23-42(27,39(51)52)46-35(48)32-22-29(53-36-30-16-12-13-17-31(30)44-34(45-36)25-14-10-9-11-15-25)24-47(32)37(49)33(40(2,3)4)43-28-20-18-26(19-21-28)38(50)54-41(5,6)7/h8-21,27,29,32-33,43H,1,22-24H2,2-7H3,(H,46,48)(H,51,52)/t27-,29+,32-,33+,42?/m0/s1. The number of esters is 1. The molecule has 0 spiro atoms. The molecule has 4 aromatic rings. The van der Waals surface area contributed by atoms with Gasteiger partial charge in [0.2, 0.25) is 17.7 Å². The van der Waals surface area contributed by atoms with Crippen molar-refractivity contribution in [1.82, 2.24) is 20.2 Å². The van der Waals surface area contributed by atoms with Gasteiger partial charge in [0.05, 0.1) is 23.0 Å². The van der Waals surface area contributed by atoms with Crippen molar-refractivity contribution in [1.29, 1.82) is 0 Å². The predicted molar refractivity (Wildman–Crippen MR) is 205 cm³/mol. The highest BCUT2D eigenvalue weighted by Gasteiger charge is 2.61. The first-order valence-corrected chi connectivity index (χ1v) is 18.1. The van der Waals surface area contributed by atoms with Crippen LogP contribution in [0.2, 0.25) is 0 Å². The number of anilines is 1. The third-order valence-corrected chi connectivity index (χ3v) is 9.70. The number of likely N-dealkylation sites (tertiary alicyclic amines) is 1. The Morgan fingerprint density at radius 1 is 0.944 bits per heavy atom. The molecule has 1 aliphatic carbocycles. The topological polar surface area (TPSA) is 160 Å². The number of fused-ring (bicyclic) bond motifs is 1. The number of amides is 2. The van der Waals surface area contributed by atoms with Gasteiger partial charge in [0.15, 0.2) is 5.82 Å². The third kappa shape index (κ3) is 8.07. The normalized spacial score (nSPS) is 21.5. The summed E-state index contributed by atoms with van der Waals surface area (Å²) in [6.45, 7) is 14.9. The van der Waals surface area contributed by atoms with Crippen LogP contribution in [0.15, 0.2) is 91.5 Å². The molecule has 2 heterocycles. The first-order valence-electron chi connectivity index (χ1n) is 18.1. The molecule has 282 valence electrons. The molecule has 0 radical (unpaired) electrons. The number of ether oxygens (including phenoxy) is 2. The summed E-state index contributed by atoms with van der Waals surface area (Å²) in [6, 6.07) is 21.7. The van der Waals surface area contributed by atoms with Crippen LogP contribution in [0.25, 0.3) is 22.3 Å². The lowest BCUT2D eigenvalue weighted by Crippen LogP contribution is -2.56. The molecular formula is C42H47N5O7. The summed E-state index contributed by atoms with van der Waals surface area (Å²) in [5.41, 5.74) is -0.377. The Bertz CT molecular complexity index is 2070. The largest absolute Gasteiger partial charge is 0.479 e. The lowest BCUT2D eigenvalue weighted by Gasteiger charge is -2.36. The molecule has 12 nitrogen and oxygen atoms in total. The molecule has 0 bridgehead atoms. The second-order valence-corrected chi connectivity index (χ2v) is 16.1. The van der Waals surface area contributed by atoms with E-state index in [1.54, 1.807) is 45.0 Å². The molecule has 1 unspecified atom stereocenters. The number of aliphatic carboxylic acids is 1. The van der Waals surface area contributed by atoms with Crippen LogP contribution in [0.5, 0.6) is 5.88 Å². The van der Waals surface area contributed by atoms with Gasteiger partial charge in [-0.15, -0.1) is 6.58 Å². The van der Waals surface area contributed by atoms with E-state index in [4.69, 9.17) is 19.4 Å². The van der Waals surface area contributed by atoms with E-state index in [1.165, 1.54) is 11.0 Å². The van der Waals surface area contributed by atoms with Crippen molar-refractivity contribution in [3.05, 3.63) is 97.1 Å². The minimum Gasteiger partial charge on any atom is -0.479 e. The Kier molecular flexibility index (Phi) is 10.2. The summed E-state index contributed by atoms with van der Waals surface area (Å²) in [5, 5.41) is 16.8. The molecule has 6 rings (SSSR count). The summed E-state index contributed by atoms with van der Waals surface area (Å²) >= 11 is 0. The fourth-order valence-electron chi connectivity index (χ4n) is 6.73. The summed E-state index contributed by atoms with van der Waals surface area (Å²) < 4.78 is 12.1. The second kappa shape index (κ2) is 14.6. The highest BCUT2D eigenvalue weighted by atomic mass is 16.6. The fourth-order valence-corrected chi connectivity index (χ4v) is 6.73. The van der Waals surface area contributed by atoms with Gasteiger partial charge in [-0.25, -0.2) is 14.6 Å². The summed E-state index contributed by atoms with van der Waals surface area (Å²) in [6.07, 6.45) is 1.15. The molecule has 2 amide bonds. The van der Waals surface area contributed by atoms with Gasteiger partial charge in [0, 0.05) is 23.6 Å². The number of nitrogens with one attached hydrogen (secondary N) is 2. The SMILES string of the molecule is C=C[C@H]1CC1(NC(=O)[C@@H]1C[C@@H](Oc2nc(-c3ccccc3)nc3ccccc23)CN1C(=O)[C@@H](Nc1ccc(C(=O)OC(C)(C)C)cc1)C(C)(C)C)C(=O)O. The number of para-hydroxylation sites is 1. The molecule has 1 aromatic heterocycles. The van der Waals surface area contributed by atoms with Crippen molar-refractivity contribution in [3.8, 4) is 17.3 Å². The monoisotopic (exact) mass is 733 g/mol. The zero-order valence-corrected chi connectivity index (χ0v) is 31.5. The van der Waals surface area contributed by atoms with E-state index >= 15 is 0 Å². The molecule has 3 aromatic carbocycles. The average Bonchev–Trinajstić information content (AvgIpc) is 3.69. The molecule has 1 aliphatic heterocycles. The van der Waals surface area contributed by atoms with Crippen LogP contribution in [0.3, 0.4) is 0 Å². The van der Waals surface area contributed by atoms with Crippen LogP contribution >= 0.6 is 0 Å². The van der Waals surface area contributed by atoms with Crippen LogP contribution in [-0.2, 0) is 19.1 Å². The van der Waals surface area contributed by atoms with Crippen molar-refractivity contribution in [3.63, 3.8) is 0 Å². The Hall–Kier alpha value is -5.78. The highest BCUT2D eigenvalue weighted by Crippen LogP contribution is 2.45. The van der Waals surface area contributed by atoms with Gasteiger partial charge in [0.1, 0.15) is 29.3 Å². The second-order valence-electron chi connectivity index (χ2n) is 16.1. The molecule has 2 fully saturated rings. The third-order valence-electron chi connectivity index (χ3n) is 9.70. The number of carboxylic acids is 1. The Morgan fingerprint density at radius 2 is 1.61 bits per heavy atom. The van der Waals surface area contributed by atoms with E-state index in [-0.39, 0.29) is 25.3 Å². The molecule has 54 heavy (non-hydrogen) atoms. The van der Waals surface area contributed by atoms with E-state index < -0.39 is 58.5 Å². The summed E-state index contributed by atoms with van der Waals surface area (Å²) in [5.74, 6) is -2.25. The number of carbonyl (C=O) groups excluding carboxylic acids is 3. The Balaban J connectivity index is 1.31. The van der Waals surface area contributed by atoms with Crippen LogP contribution < -0.4 is 15.4 Å². The Morgan fingerprint density at radius 3 is 2.22 bits per heavy atom. The number of aromatic nitrogens is 2. The fraction of sp³-hybridized carbons (Fsp3) is 0.381. The Labute approximate surface area is 315 Å². The van der Waals surface area contributed by atoms with Crippen molar-refractivity contribution in [2.45, 2.75) is 83.7 Å². The molecule has 2 aliphatic rings. The number of benzene rings is 3. The molecule has 1 saturated heterocycles. The van der Waals surface area contributed by atoms with Gasteiger partial charge in [-0.3, -0.25) is 9.59 Å². The van der Waals surface area contributed by atoms with Crippen molar-refractivity contribution in [2.75, 3.05) is 11.9 Å². The number of nitrogens with zero attached hydrogens (tertiary/aromatic N) is 3. The van der Waals surface area contributed by atoms with Crippen LogP contribution in [-0.4, -0.2) is 79.6 Å². The number of hydrogen-bond acceptors (Lipinski definition) is 9. The maximum Gasteiger partial charge on any atom is 0.338 e. The molecular weight excluding hydrogens is 686 g/mol. The number of carbonyl (C=O) groups is 4. The van der Waals surface area contributed by atoms with Gasteiger partial charge in [-0.05, 0) is 69.0 Å². The highest BCUT2D eigenvalue weighted by molar-refractivity contribution is 5.96. The van der Waals surface area contributed by atoms with Gasteiger partial charge >= 0.3 is 11.9 Å². The molecule has 12 heteroatoms. The molecule has 1 saturated carbocycles. The van der Waals surface area contributed by atoms with Crippen molar-refractivity contribution >= 4 is 40.3 Å². The number of carboxylic acid groups (broad SMARTS) is 1. The minimum absolute atomic E-state index is 0.0344.